The molecule has 2 nitrogen and oxygen atoms in total. The largest absolute Gasteiger partial charge is 0.392 e. The second kappa shape index (κ2) is 4.11. The van der Waals surface area contributed by atoms with Gasteiger partial charge in [0, 0.05) is 13.1 Å². The fourth-order valence-electron chi connectivity index (χ4n) is 2.25. The number of likely N-dealkylation sites (tertiary alicyclic amines) is 1. The van der Waals surface area contributed by atoms with E-state index in [2.05, 4.69) is 36.2 Å². The Balaban J connectivity index is 2.11. The maximum absolute atomic E-state index is 9.67. The van der Waals surface area contributed by atoms with Gasteiger partial charge in [0.2, 0.25) is 0 Å². The molecule has 14 heavy (non-hydrogen) atoms. The fourth-order valence-corrected chi connectivity index (χ4v) is 2.25. The van der Waals surface area contributed by atoms with Crippen LogP contribution in [0.25, 0.3) is 0 Å². The first kappa shape index (κ1) is 9.69. The molecule has 1 aliphatic heterocycles. The fraction of sp³-hybridized carbons (Fsp3) is 0.500. The quantitative estimate of drug-likeness (QED) is 0.726. The lowest BCUT2D eigenvalue weighted by molar-refractivity contribution is 0.0725. The van der Waals surface area contributed by atoms with E-state index in [0.717, 1.165) is 19.5 Å². The molecule has 0 saturated carbocycles. The van der Waals surface area contributed by atoms with Crippen molar-refractivity contribution < 1.29 is 5.11 Å². The van der Waals surface area contributed by atoms with E-state index in [-0.39, 0.29) is 6.10 Å². The lowest BCUT2D eigenvalue weighted by Crippen LogP contribution is -2.39. The monoisotopic (exact) mass is 191 g/mol. The van der Waals surface area contributed by atoms with E-state index in [1.807, 2.05) is 6.07 Å². The number of β-amino-alcohol motifs (C(OH)–C–C–N with tert-alkyl or cyclic N) is 1. The summed E-state index contributed by atoms with van der Waals surface area (Å²) in [5.74, 6) is 0.491. The molecule has 1 saturated heterocycles. The number of benzene rings is 1. The molecule has 0 radical (unpaired) electrons. The molecule has 0 unspecified atom stereocenters. The number of hydrogen-bond acceptors (Lipinski definition) is 2. The smallest absolute Gasteiger partial charge is 0.0673 e. The highest BCUT2D eigenvalue weighted by Crippen LogP contribution is 2.25. The molecule has 1 aliphatic rings. The van der Waals surface area contributed by atoms with E-state index in [0.29, 0.717) is 5.92 Å². The minimum Gasteiger partial charge on any atom is -0.392 e. The van der Waals surface area contributed by atoms with Gasteiger partial charge in [0.25, 0.3) is 0 Å². The van der Waals surface area contributed by atoms with E-state index < -0.39 is 0 Å². The topological polar surface area (TPSA) is 23.5 Å². The third kappa shape index (κ3) is 2.14. The summed E-state index contributed by atoms with van der Waals surface area (Å²) in [5, 5.41) is 9.67. The average Bonchev–Trinajstić information content (AvgIpc) is 2.18. The number of rotatable bonds is 1. The molecule has 0 amide bonds. The zero-order valence-electron chi connectivity index (χ0n) is 8.56. The Morgan fingerprint density at radius 2 is 1.93 bits per heavy atom. The van der Waals surface area contributed by atoms with Gasteiger partial charge in [-0.25, -0.2) is 0 Å². The summed E-state index contributed by atoms with van der Waals surface area (Å²) in [7, 11) is 2.07. The van der Waals surface area contributed by atoms with Gasteiger partial charge in [-0.3, -0.25) is 0 Å². The van der Waals surface area contributed by atoms with Crippen LogP contribution >= 0.6 is 0 Å². The second-order valence-electron chi connectivity index (χ2n) is 4.22. The first-order chi connectivity index (χ1) is 6.75. The molecule has 76 valence electrons. The Labute approximate surface area is 85.2 Å². The lowest BCUT2D eigenvalue weighted by atomic mass is 9.89. The molecule has 0 bridgehead atoms. The molecule has 0 aliphatic carbocycles. The standard InChI is InChI=1S/C12H17NO/c1-13-8-11(7-12(14)9-13)10-5-3-2-4-6-10/h2-6,11-12,14H,7-9H2,1H3/t11-,12+/m1/s1. The lowest BCUT2D eigenvalue weighted by Gasteiger charge is -2.33. The van der Waals surface area contributed by atoms with Crippen molar-refractivity contribution in [1.82, 2.24) is 4.90 Å². The van der Waals surface area contributed by atoms with Crippen LogP contribution in [0, 0.1) is 0 Å². The number of aliphatic hydroxyl groups is 1. The zero-order chi connectivity index (χ0) is 9.97. The van der Waals surface area contributed by atoms with Gasteiger partial charge in [-0.05, 0) is 24.9 Å². The van der Waals surface area contributed by atoms with Crippen molar-refractivity contribution in [2.24, 2.45) is 0 Å². The highest BCUT2D eigenvalue weighted by molar-refractivity contribution is 5.20. The molecule has 0 aromatic heterocycles. The van der Waals surface area contributed by atoms with Crippen molar-refractivity contribution in [3.05, 3.63) is 35.9 Å². The Morgan fingerprint density at radius 3 is 2.57 bits per heavy atom. The van der Waals surface area contributed by atoms with E-state index in [4.69, 9.17) is 0 Å². The van der Waals surface area contributed by atoms with Gasteiger partial charge in [0.15, 0.2) is 0 Å². The van der Waals surface area contributed by atoms with Crippen LogP contribution in [-0.4, -0.2) is 36.2 Å². The highest BCUT2D eigenvalue weighted by atomic mass is 16.3. The second-order valence-corrected chi connectivity index (χ2v) is 4.22. The summed E-state index contributed by atoms with van der Waals surface area (Å²) in [5.41, 5.74) is 1.35. The molecule has 1 N–H and O–H groups in total. The van der Waals surface area contributed by atoms with Crippen LogP contribution in [0.4, 0.5) is 0 Å². The molecular formula is C12H17NO. The molecular weight excluding hydrogens is 174 g/mol. The minimum absolute atomic E-state index is 0.168. The number of aliphatic hydroxyl groups excluding tert-OH is 1. The SMILES string of the molecule is CN1C[C@@H](O)C[C@@H](c2ccccc2)C1. The Bertz CT molecular complexity index is 276. The zero-order valence-corrected chi connectivity index (χ0v) is 8.56. The van der Waals surface area contributed by atoms with Gasteiger partial charge < -0.3 is 10.0 Å². The summed E-state index contributed by atoms with van der Waals surface area (Å²) in [6.07, 6.45) is 0.730. The predicted octanol–water partition coefficient (Wildman–Crippen LogP) is 1.47. The van der Waals surface area contributed by atoms with Gasteiger partial charge in [0.05, 0.1) is 6.10 Å². The molecule has 1 aromatic carbocycles. The molecule has 1 heterocycles. The predicted molar refractivity (Wildman–Crippen MR) is 57.3 cm³/mol. The van der Waals surface area contributed by atoms with Gasteiger partial charge >= 0.3 is 0 Å². The molecule has 2 atom stereocenters. The number of hydrogen-bond donors (Lipinski definition) is 1. The first-order valence-corrected chi connectivity index (χ1v) is 5.17. The van der Waals surface area contributed by atoms with E-state index in [1.54, 1.807) is 0 Å². The maximum Gasteiger partial charge on any atom is 0.0673 e. The van der Waals surface area contributed by atoms with Crippen LogP contribution in [0.2, 0.25) is 0 Å². The van der Waals surface area contributed by atoms with Gasteiger partial charge in [-0.15, -0.1) is 0 Å². The number of likely N-dealkylation sites (N-methyl/N-ethyl adjacent to an activating group) is 1. The van der Waals surface area contributed by atoms with Crippen LogP contribution in [0.1, 0.15) is 17.9 Å². The average molecular weight is 191 g/mol. The third-order valence-corrected chi connectivity index (χ3v) is 2.88. The Hall–Kier alpha value is -0.860. The van der Waals surface area contributed by atoms with Gasteiger partial charge in [0.1, 0.15) is 0 Å². The van der Waals surface area contributed by atoms with Crippen molar-refractivity contribution in [2.75, 3.05) is 20.1 Å². The van der Waals surface area contributed by atoms with E-state index in [9.17, 15) is 5.11 Å². The van der Waals surface area contributed by atoms with Crippen LogP contribution in [0.15, 0.2) is 30.3 Å². The summed E-state index contributed by atoms with van der Waals surface area (Å²) < 4.78 is 0. The van der Waals surface area contributed by atoms with Gasteiger partial charge in [-0.2, -0.15) is 0 Å². The number of nitrogens with zero attached hydrogens (tertiary/aromatic N) is 1. The summed E-state index contributed by atoms with van der Waals surface area (Å²) in [6, 6.07) is 10.5. The van der Waals surface area contributed by atoms with Crippen molar-refractivity contribution in [3.8, 4) is 0 Å². The van der Waals surface area contributed by atoms with E-state index in [1.165, 1.54) is 5.56 Å². The van der Waals surface area contributed by atoms with Crippen molar-refractivity contribution in [3.63, 3.8) is 0 Å². The maximum atomic E-state index is 9.67. The Morgan fingerprint density at radius 1 is 1.21 bits per heavy atom. The number of piperidine rings is 1. The van der Waals surface area contributed by atoms with Crippen molar-refractivity contribution in [2.45, 2.75) is 18.4 Å². The molecule has 1 aromatic rings. The molecule has 2 rings (SSSR count). The van der Waals surface area contributed by atoms with Crippen LogP contribution < -0.4 is 0 Å². The highest BCUT2D eigenvalue weighted by Gasteiger charge is 2.24. The van der Waals surface area contributed by atoms with Crippen LogP contribution in [-0.2, 0) is 0 Å². The van der Waals surface area contributed by atoms with Crippen molar-refractivity contribution in [1.29, 1.82) is 0 Å². The van der Waals surface area contributed by atoms with Crippen molar-refractivity contribution >= 4 is 0 Å². The van der Waals surface area contributed by atoms with Gasteiger partial charge in [-0.1, -0.05) is 30.3 Å². The normalized spacial score (nSPS) is 29.0. The summed E-state index contributed by atoms with van der Waals surface area (Å²) >= 11 is 0. The third-order valence-electron chi connectivity index (χ3n) is 2.88. The van der Waals surface area contributed by atoms with Crippen LogP contribution in [0.3, 0.4) is 0 Å². The minimum atomic E-state index is -0.168. The molecule has 1 fully saturated rings. The summed E-state index contributed by atoms with van der Waals surface area (Å²) in [4.78, 5) is 2.20. The molecule has 2 heteroatoms. The Kier molecular flexibility index (Phi) is 2.85. The molecule has 0 spiro atoms. The first-order valence-electron chi connectivity index (χ1n) is 5.17. The summed E-state index contributed by atoms with van der Waals surface area (Å²) in [6.45, 7) is 1.87. The van der Waals surface area contributed by atoms with Crippen LogP contribution in [0.5, 0.6) is 0 Å². The van der Waals surface area contributed by atoms with E-state index >= 15 is 0 Å².